The lowest BCUT2D eigenvalue weighted by atomic mass is 9.86. The molecule has 0 aliphatic carbocycles. The van der Waals surface area contributed by atoms with Gasteiger partial charge in [-0.15, -0.1) is 0 Å². The van der Waals surface area contributed by atoms with Crippen LogP contribution < -0.4 is 0 Å². The Morgan fingerprint density at radius 1 is 0.971 bits per heavy atom. The molecule has 35 heavy (non-hydrogen) atoms. The number of carbonyl (C=O) groups excluding carboxylic acids is 1. The molecule has 0 saturated heterocycles. The normalized spacial score (nSPS) is 17.9. The summed E-state index contributed by atoms with van der Waals surface area (Å²) in [5, 5.41) is 15.7. The summed E-state index contributed by atoms with van der Waals surface area (Å²) in [4.78, 5) is 13.5. The van der Waals surface area contributed by atoms with Gasteiger partial charge in [-0.25, -0.2) is 13.8 Å². The summed E-state index contributed by atoms with van der Waals surface area (Å²) in [6.07, 6.45) is 4.67. The molecule has 0 aromatic heterocycles. The lowest BCUT2D eigenvalue weighted by Crippen LogP contribution is -2.38. The van der Waals surface area contributed by atoms with E-state index in [4.69, 9.17) is 0 Å². The van der Waals surface area contributed by atoms with Gasteiger partial charge in [0.2, 0.25) is 0 Å². The maximum atomic E-state index is 13.5. The summed E-state index contributed by atoms with van der Waals surface area (Å²) in [5.74, 6) is -3.21. The fraction of sp³-hybridized carbons (Fsp3) is 0.172. The zero-order valence-electron chi connectivity index (χ0n) is 19.2. The minimum atomic E-state index is -2.90. The highest BCUT2D eigenvalue weighted by Crippen LogP contribution is 2.40. The van der Waals surface area contributed by atoms with E-state index < -0.39 is 5.92 Å². The van der Waals surface area contributed by atoms with Crippen molar-refractivity contribution in [2.45, 2.75) is 25.7 Å². The third-order valence-corrected chi connectivity index (χ3v) is 6.39. The zero-order chi connectivity index (χ0) is 24.6. The Morgan fingerprint density at radius 2 is 1.66 bits per heavy atom. The Hall–Kier alpha value is -4.06. The van der Waals surface area contributed by atoms with E-state index in [9.17, 15) is 18.7 Å². The quantitative estimate of drug-likeness (QED) is 0.470. The number of nitrogens with zero attached hydrogens (tertiary/aromatic N) is 2. The predicted molar refractivity (Wildman–Crippen MR) is 133 cm³/mol. The number of aromatic hydroxyl groups is 1. The Balaban J connectivity index is 1.49. The number of hydrazone groups is 1. The standard InChI is InChI=1S/C29H24F2N2O2/c1-29(30,31)23-12-7-19(8-13-23)17-22-11-16-26-27(21-9-14-24(34)15-10-21)25(18-32-33(26)28(22)35)20-5-3-2-4-6-20/h2-10,12-16,18,22,34H,11,17H2,1H3. The van der Waals surface area contributed by atoms with Crippen molar-refractivity contribution in [3.8, 4) is 5.75 Å². The van der Waals surface area contributed by atoms with Crippen molar-refractivity contribution >= 4 is 23.3 Å². The molecule has 2 heterocycles. The minimum Gasteiger partial charge on any atom is -0.508 e. The molecular formula is C29H24F2N2O2. The van der Waals surface area contributed by atoms with Crippen molar-refractivity contribution in [3.05, 3.63) is 113 Å². The van der Waals surface area contributed by atoms with Gasteiger partial charge in [0.15, 0.2) is 0 Å². The lowest BCUT2D eigenvalue weighted by Gasteiger charge is -2.34. The van der Waals surface area contributed by atoms with Crippen LogP contribution >= 0.6 is 0 Å². The van der Waals surface area contributed by atoms with Crippen LogP contribution in [0.1, 0.15) is 35.6 Å². The largest absolute Gasteiger partial charge is 0.508 e. The summed E-state index contributed by atoms with van der Waals surface area (Å²) >= 11 is 0. The minimum absolute atomic E-state index is 0.0452. The molecule has 2 aliphatic heterocycles. The summed E-state index contributed by atoms with van der Waals surface area (Å²) in [7, 11) is 0. The predicted octanol–water partition coefficient (Wildman–Crippen LogP) is 6.39. The first-order valence-corrected chi connectivity index (χ1v) is 11.5. The van der Waals surface area contributed by atoms with Crippen molar-refractivity contribution in [2.24, 2.45) is 11.0 Å². The van der Waals surface area contributed by atoms with E-state index in [1.54, 1.807) is 30.5 Å². The molecule has 3 aromatic rings. The third-order valence-electron chi connectivity index (χ3n) is 6.39. The molecule has 6 heteroatoms. The Labute approximate surface area is 202 Å². The van der Waals surface area contributed by atoms with Gasteiger partial charge < -0.3 is 5.11 Å². The topological polar surface area (TPSA) is 52.9 Å². The van der Waals surface area contributed by atoms with Crippen LogP contribution in [0.25, 0.3) is 11.1 Å². The second-order valence-electron chi connectivity index (χ2n) is 8.91. The highest BCUT2D eigenvalue weighted by atomic mass is 19.3. The van der Waals surface area contributed by atoms with Crippen LogP contribution in [0.5, 0.6) is 5.75 Å². The Morgan fingerprint density at radius 3 is 2.31 bits per heavy atom. The molecule has 0 spiro atoms. The third kappa shape index (κ3) is 4.52. The highest BCUT2D eigenvalue weighted by molar-refractivity contribution is 6.23. The molecule has 0 fully saturated rings. The number of phenols is 1. The van der Waals surface area contributed by atoms with Gasteiger partial charge in [0.05, 0.1) is 11.9 Å². The number of alkyl halides is 2. The van der Waals surface area contributed by atoms with Gasteiger partial charge in [0.1, 0.15) is 5.75 Å². The first-order valence-electron chi connectivity index (χ1n) is 11.5. The molecular weight excluding hydrogens is 446 g/mol. The summed E-state index contributed by atoms with van der Waals surface area (Å²) in [6.45, 7) is 0.871. The van der Waals surface area contributed by atoms with Gasteiger partial charge in [-0.2, -0.15) is 5.10 Å². The van der Waals surface area contributed by atoms with E-state index >= 15 is 0 Å². The number of amides is 1. The van der Waals surface area contributed by atoms with Gasteiger partial charge in [-0.05, 0) is 41.7 Å². The van der Waals surface area contributed by atoms with Gasteiger partial charge in [0, 0.05) is 29.6 Å². The SMILES string of the molecule is CC(F)(F)c1ccc(CC2CC=C3C(c4ccc(O)cc4)=C(c4ccccc4)C=NN3C2=O)cc1. The highest BCUT2D eigenvalue weighted by Gasteiger charge is 2.35. The number of halogens is 2. The number of rotatable bonds is 5. The number of hydrogen-bond acceptors (Lipinski definition) is 3. The fourth-order valence-electron chi connectivity index (χ4n) is 4.53. The van der Waals surface area contributed by atoms with Gasteiger partial charge in [-0.1, -0.05) is 72.8 Å². The van der Waals surface area contributed by atoms with Crippen molar-refractivity contribution in [2.75, 3.05) is 0 Å². The number of benzene rings is 3. The molecule has 2 aliphatic rings. The number of carbonyl (C=O) groups is 1. The van der Waals surface area contributed by atoms with E-state index in [2.05, 4.69) is 5.10 Å². The Bertz CT molecular complexity index is 1340. The smallest absolute Gasteiger partial charge is 0.270 e. The fourth-order valence-corrected chi connectivity index (χ4v) is 4.53. The lowest BCUT2D eigenvalue weighted by molar-refractivity contribution is -0.134. The molecule has 0 bridgehead atoms. The first-order chi connectivity index (χ1) is 16.8. The molecule has 0 radical (unpaired) electrons. The van der Waals surface area contributed by atoms with E-state index in [1.807, 2.05) is 48.5 Å². The van der Waals surface area contributed by atoms with Crippen LogP contribution in [0.2, 0.25) is 0 Å². The average molecular weight is 471 g/mol. The van der Waals surface area contributed by atoms with Gasteiger partial charge >= 0.3 is 0 Å². The average Bonchev–Trinajstić information content (AvgIpc) is 2.86. The van der Waals surface area contributed by atoms with E-state index in [0.29, 0.717) is 18.5 Å². The van der Waals surface area contributed by atoms with Gasteiger partial charge in [0.25, 0.3) is 11.8 Å². The van der Waals surface area contributed by atoms with Crippen LogP contribution in [0.15, 0.2) is 95.7 Å². The second-order valence-corrected chi connectivity index (χ2v) is 8.91. The van der Waals surface area contributed by atoms with Crippen molar-refractivity contribution in [3.63, 3.8) is 0 Å². The molecule has 5 rings (SSSR count). The van der Waals surface area contributed by atoms with Crippen molar-refractivity contribution in [1.82, 2.24) is 5.01 Å². The second kappa shape index (κ2) is 8.95. The van der Waals surface area contributed by atoms with Crippen LogP contribution in [0, 0.1) is 5.92 Å². The molecule has 4 nitrogen and oxygen atoms in total. The van der Waals surface area contributed by atoms with Crippen LogP contribution in [-0.4, -0.2) is 22.2 Å². The summed E-state index contributed by atoms with van der Waals surface area (Å²) in [5.41, 5.74) is 5.09. The maximum absolute atomic E-state index is 13.5. The first kappa shape index (κ1) is 22.7. The van der Waals surface area contributed by atoms with E-state index in [1.165, 1.54) is 17.1 Å². The molecule has 1 unspecified atom stereocenters. The number of hydrogen-bond donors (Lipinski definition) is 1. The van der Waals surface area contributed by atoms with E-state index in [0.717, 1.165) is 34.8 Å². The molecule has 0 saturated carbocycles. The zero-order valence-corrected chi connectivity index (χ0v) is 19.2. The van der Waals surface area contributed by atoms with Crippen LogP contribution in [-0.2, 0) is 17.1 Å². The van der Waals surface area contributed by atoms with Crippen LogP contribution in [0.4, 0.5) is 8.78 Å². The summed E-state index contributed by atoms with van der Waals surface area (Å²) < 4.78 is 27.1. The molecule has 3 aromatic carbocycles. The monoisotopic (exact) mass is 470 g/mol. The number of fused-ring (bicyclic) bond motifs is 1. The Kier molecular flexibility index (Phi) is 5.81. The molecule has 1 atom stereocenters. The van der Waals surface area contributed by atoms with Gasteiger partial charge in [-0.3, -0.25) is 4.79 Å². The molecule has 1 amide bonds. The number of allylic oxidation sites excluding steroid dienone is 3. The van der Waals surface area contributed by atoms with Crippen LogP contribution in [0.3, 0.4) is 0 Å². The number of phenolic OH excluding ortho intramolecular Hbond substituents is 1. The van der Waals surface area contributed by atoms with Crippen molar-refractivity contribution in [1.29, 1.82) is 0 Å². The van der Waals surface area contributed by atoms with E-state index in [-0.39, 0.29) is 23.1 Å². The van der Waals surface area contributed by atoms with Crippen molar-refractivity contribution < 1.29 is 18.7 Å². The molecule has 1 N–H and O–H groups in total. The summed E-state index contributed by atoms with van der Waals surface area (Å²) in [6, 6.07) is 22.9. The maximum Gasteiger partial charge on any atom is 0.270 e. The molecule has 176 valence electrons.